The van der Waals surface area contributed by atoms with E-state index in [1.165, 1.54) is 12.1 Å². The minimum absolute atomic E-state index is 0.189. The van der Waals surface area contributed by atoms with Gasteiger partial charge in [-0.15, -0.1) is 0 Å². The van der Waals surface area contributed by atoms with Gasteiger partial charge in [-0.25, -0.2) is 4.79 Å². The standard InChI is InChI=1S/C24H29NO8/c1-4-28-20-12-16(13-21(29-5-2)23(20)30-6-3)24(27)33-15-22(26)25-17-8-9-18-19(14-17)32-11-7-10-31-18/h8-9,12-14H,4-7,10-11,15H2,1-3H3,(H,25,26). The zero-order valence-corrected chi connectivity index (χ0v) is 19.1. The molecule has 1 N–H and O–H groups in total. The summed E-state index contributed by atoms with van der Waals surface area (Å²) in [4.78, 5) is 25.0. The van der Waals surface area contributed by atoms with Crippen LogP contribution >= 0.6 is 0 Å². The van der Waals surface area contributed by atoms with Crippen LogP contribution in [0.3, 0.4) is 0 Å². The highest BCUT2D eigenvalue weighted by Crippen LogP contribution is 2.39. The van der Waals surface area contributed by atoms with Gasteiger partial charge in [-0.1, -0.05) is 0 Å². The van der Waals surface area contributed by atoms with Crippen LogP contribution in [0.1, 0.15) is 37.6 Å². The molecule has 0 fully saturated rings. The molecule has 0 saturated heterocycles. The molecule has 0 aromatic heterocycles. The summed E-state index contributed by atoms with van der Waals surface area (Å²) in [5.41, 5.74) is 0.701. The quantitative estimate of drug-likeness (QED) is 0.535. The molecular formula is C24H29NO8. The third-order valence-electron chi connectivity index (χ3n) is 4.51. The van der Waals surface area contributed by atoms with Crippen LogP contribution in [0.15, 0.2) is 30.3 Å². The van der Waals surface area contributed by atoms with Crippen molar-refractivity contribution < 1.29 is 38.0 Å². The number of ether oxygens (including phenoxy) is 6. The summed E-state index contributed by atoms with van der Waals surface area (Å²) >= 11 is 0. The molecule has 2 aromatic rings. The van der Waals surface area contributed by atoms with Gasteiger partial charge < -0.3 is 33.7 Å². The van der Waals surface area contributed by atoms with Crippen molar-refractivity contribution in [1.29, 1.82) is 0 Å². The van der Waals surface area contributed by atoms with E-state index in [0.29, 0.717) is 67.5 Å². The van der Waals surface area contributed by atoms with Crippen molar-refractivity contribution >= 4 is 17.6 Å². The average molecular weight is 459 g/mol. The van der Waals surface area contributed by atoms with Gasteiger partial charge in [-0.05, 0) is 45.0 Å². The largest absolute Gasteiger partial charge is 0.490 e. The second-order valence-electron chi connectivity index (χ2n) is 6.94. The van der Waals surface area contributed by atoms with Gasteiger partial charge >= 0.3 is 5.97 Å². The Kier molecular flexibility index (Phi) is 8.63. The molecule has 0 spiro atoms. The molecule has 1 heterocycles. The van der Waals surface area contributed by atoms with Crippen molar-refractivity contribution in [1.82, 2.24) is 0 Å². The van der Waals surface area contributed by atoms with Gasteiger partial charge in [-0.3, -0.25) is 4.79 Å². The minimum atomic E-state index is -0.686. The van der Waals surface area contributed by atoms with E-state index in [4.69, 9.17) is 28.4 Å². The summed E-state index contributed by atoms with van der Waals surface area (Å²) in [7, 11) is 0. The summed E-state index contributed by atoms with van der Waals surface area (Å²) in [6, 6.07) is 8.13. The van der Waals surface area contributed by atoms with Crippen molar-refractivity contribution in [3.8, 4) is 28.7 Å². The Bertz CT molecular complexity index is 948. The molecule has 2 aromatic carbocycles. The van der Waals surface area contributed by atoms with Crippen LogP contribution in [-0.4, -0.2) is 51.5 Å². The molecule has 0 atom stereocenters. The Morgan fingerprint density at radius 2 is 1.52 bits per heavy atom. The topological polar surface area (TPSA) is 102 Å². The van der Waals surface area contributed by atoms with Crippen LogP contribution in [-0.2, 0) is 9.53 Å². The van der Waals surface area contributed by atoms with E-state index in [0.717, 1.165) is 6.42 Å². The second kappa shape index (κ2) is 11.8. The van der Waals surface area contributed by atoms with Gasteiger partial charge in [0.15, 0.2) is 29.6 Å². The lowest BCUT2D eigenvalue weighted by Crippen LogP contribution is -2.21. The van der Waals surface area contributed by atoms with Crippen molar-refractivity contribution in [3.05, 3.63) is 35.9 Å². The highest BCUT2D eigenvalue weighted by Gasteiger charge is 2.20. The summed E-state index contributed by atoms with van der Waals surface area (Å²) in [6.07, 6.45) is 0.786. The molecule has 0 radical (unpaired) electrons. The number of esters is 1. The first-order valence-electron chi connectivity index (χ1n) is 11.0. The lowest BCUT2D eigenvalue weighted by molar-refractivity contribution is -0.119. The zero-order chi connectivity index (χ0) is 23.6. The molecule has 1 aliphatic rings. The lowest BCUT2D eigenvalue weighted by Gasteiger charge is -2.17. The molecule has 0 aliphatic carbocycles. The molecular weight excluding hydrogens is 430 g/mol. The smallest absolute Gasteiger partial charge is 0.338 e. The normalized spacial score (nSPS) is 12.3. The van der Waals surface area contributed by atoms with E-state index < -0.39 is 18.5 Å². The summed E-state index contributed by atoms with van der Waals surface area (Å²) in [6.45, 7) is 7.31. The second-order valence-corrected chi connectivity index (χ2v) is 6.94. The van der Waals surface area contributed by atoms with E-state index >= 15 is 0 Å². The maximum atomic E-state index is 12.6. The number of hydrogen-bond donors (Lipinski definition) is 1. The predicted molar refractivity (Wildman–Crippen MR) is 121 cm³/mol. The summed E-state index contributed by atoms with van der Waals surface area (Å²) in [5, 5.41) is 2.69. The number of fused-ring (bicyclic) bond motifs is 1. The van der Waals surface area contributed by atoms with Crippen LogP contribution in [0.25, 0.3) is 0 Å². The van der Waals surface area contributed by atoms with Crippen LogP contribution < -0.4 is 29.0 Å². The van der Waals surface area contributed by atoms with Gasteiger partial charge in [-0.2, -0.15) is 0 Å². The van der Waals surface area contributed by atoms with Crippen LogP contribution in [0, 0.1) is 0 Å². The van der Waals surface area contributed by atoms with Gasteiger partial charge in [0.1, 0.15) is 0 Å². The van der Waals surface area contributed by atoms with Gasteiger partial charge in [0.25, 0.3) is 5.91 Å². The monoisotopic (exact) mass is 459 g/mol. The first kappa shape index (κ1) is 24.0. The SMILES string of the molecule is CCOc1cc(C(=O)OCC(=O)Nc2ccc3c(c2)OCCCO3)cc(OCC)c1OCC. The van der Waals surface area contributed by atoms with Crippen molar-refractivity contribution in [2.24, 2.45) is 0 Å². The van der Waals surface area contributed by atoms with Crippen molar-refractivity contribution in [3.63, 3.8) is 0 Å². The molecule has 178 valence electrons. The first-order chi connectivity index (χ1) is 16.0. The molecule has 0 saturated carbocycles. The van der Waals surface area contributed by atoms with Crippen LogP contribution in [0.4, 0.5) is 5.69 Å². The first-order valence-corrected chi connectivity index (χ1v) is 11.0. The fourth-order valence-corrected chi connectivity index (χ4v) is 3.16. The van der Waals surface area contributed by atoms with Gasteiger partial charge in [0.2, 0.25) is 5.75 Å². The van der Waals surface area contributed by atoms with E-state index in [1.807, 2.05) is 20.8 Å². The van der Waals surface area contributed by atoms with Crippen molar-refractivity contribution in [2.45, 2.75) is 27.2 Å². The molecule has 1 aliphatic heterocycles. The Balaban J connectivity index is 1.66. The number of hydrogen-bond acceptors (Lipinski definition) is 8. The molecule has 0 unspecified atom stereocenters. The number of nitrogens with one attached hydrogen (secondary N) is 1. The van der Waals surface area contributed by atoms with E-state index in [9.17, 15) is 9.59 Å². The van der Waals surface area contributed by atoms with Gasteiger partial charge in [0.05, 0.1) is 38.6 Å². The predicted octanol–water partition coefficient (Wildman–Crippen LogP) is 3.84. The Morgan fingerprint density at radius 1 is 0.879 bits per heavy atom. The molecule has 9 heteroatoms. The zero-order valence-electron chi connectivity index (χ0n) is 19.1. The number of anilines is 1. The third-order valence-corrected chi connectivity index (χ3v) is 4.51. The van der Waals surface area contributed by atoms with E-state index in [1.54, 1.807) is 18.2 Å². The highest BCUT2D eigenvalue weighted by atomic mass is 16.5. The fraction of sp³-hybridized carbons (Fsp3) is 0.417. The van der Waals surface area contributed by atoms with E-state index in [-0.39, 0.29) is 5.56 Å². The number of amides is 1. The van der Waals surface area contributed by atoms with Crippen LogP contribution in [0.5, 0.6) is 28.7 Å². The molecule has 3 rings (SSSR count). The Morgan fingerprint density at radius 3 is 2.15 bits per heavy atom. The minimum Gasteiger partial charge on any atom is -0.490 e. The Hall–Kier alpha value is -3.62. The number of benzene rings is 2. The third kappa shape index (κ3) is 6.44. The number of rotatable bonds is 10. The van der Waals surface area contributed by atoms with E-state index in [2.05, 4.69) is 5.32 Å². The maximum Gasteiger partial charge on any atom is 0.338 e. The molecule has 0 bridgehead atoms. The summed E-state index contributed by atoms with van der Waals surface area (Å²) in [5.74, 6) is 1.17. The van der Waals surface area contributed by atoms with Crippen molar-refractivity contribution in [2.75, 3.05) is 45.0 Å². The maximum absolute atomic E-state index is 12.6. The van der Waals surface area contributed by atoms with Gasteiger partial charge in [0, 0.05) is 18.2 Å². The number of carbonyl (C=O) groups excluding carboxylic acids is 2. The molecule has 1 amide bonds. The van der Waals surface area contributed by atoms with Crippen LogP contribution in [0.2, 0.25) is 0 Å². The average Bonchev–Trinajstić information content (AvgIpc) is 3.04. The Labute approximate surface area is 192 Å². The number of carbonyl (C=O) groups is 2. The lowest BCUT2D eigenvalue weighted by atomic mass is 10.2. The summed E-state index contributed by atoms with van der Waals surface area (Å²) < 4.78 is 33.3. The fourth-order valence-electron chi connectivity index (χ4n) is 3.16. The molecule has 9 nitrogen and oxygen atoms in total. The molecule has 33 heavy (non-hydrogen) atoms. The highest BCUT2D eigenvalue weighted by molar-refractivity contribution is 5.96.